The van der Waals surface area contributed by atoms with Crippen LogP contribution in [0.4, 0.5) is 0 Å². The molecule has 0 radical (unpaired) electrons. The number of hydrogen-bond donors (Lipinski definition) is 1. The fraction of sp³-hybridized carbons (Fsp3) is 0.600. The Morgan fingerprint density at radius 1 is 1.08 bits per heavy atom. The Morgan fingerprint density at radius 2 is 1.71 bits per heavy atom. The van der Waals surface area contributed by atoms with Crippen LogP contribution in [0.2, 0.25) is 0 Å². The van der Waals surface area contributed by atoms with Crippen LogP contribution in [-0.4, -0.2) is 28.3 Å². The van der Waals surface area contributed by atoms with Gasteiger partial charge in [0.15, 0.2) is 0 Å². The van der Waals surface area contributed by atoms with Crippen molar-refractivity contribution in [2.45, 2.75) is 71.0 Å². The number of benzene rings is 1. The van der Waals surface area contributed by atoms with Crippen molar-refractivity contribution in [1.82, 2.24) is 10.2 Å². The van der Waals surface area contributed by atoms with Crippen molar-refractivity contribution >= 4 is 11.8 Å². The Morgan fingerprint density at radius 3 is 2.29 bits per heavy atom. The Hall–Kier alpha value is -1.84. The lowest BCUT2D eigenvalue weighted by atomic mass is 9.75. The quantitative estimate of drug-likeness (QED) is 0.906. The molecule has 1 N–H and O–H groups in total. The van der Waals surface area contributed by atoms with E-state index in [-0.39, 0.29) is 17.2 Å². The summed E-state index contributed by atoms with van der Waals surface area (Å²) in [6, 6.07) is 9.54. The van der Waals surface area contributed by atoms with E-state index in [4.69, 9.17) is 0 Å². The van der Waals surface area contributed by atoms with Gasteiger partial charge in [0.05, 0.1) is 0 Å². The summed E-state index contributed by atoms with van der Waals surface area (Å²) in [6.45, 7) is 6.58. The third kappa shape index (κ3) is 3.06. The average Bonchev–Trinajstić information content (AvgIpc) is 2.53. The highest BCUT2D eigenvalue weighted by molar-refractivity contribution is 6.00. The van der Waals surface area contributed by atoms with Crippen molar-refractivity contribution in [3.63, 3.8) is 0 Å². The Labute approximate surface area is 144 Å². The topological polar surface area (TPSA) is 49.4 Å². The minimum atomic E-state index is -0.675. The number of carbonyl (C=O) groups is 2. The molecule has 1 aliphatic carbocycles. The number of carbonyl (C=O) groups excluding carboxylic acids is 2. The van der Waals surface area contributed by atoms with Crippen LogP contribution < -0.4 is 5.32 Å². The first-order valence-electron chi connectivity index (χ1n) is 9.00. The normalized spacial score (nSPS) is 24.1. The smallest absolute Gasteiger partial charge is 0.249 e. The lowest BCUT2D eigenvalue weighted by Gasteiger charge is -2.51. The first-order valence-corrected chi connectivity index (χ1v) is 9.00. The Balaban J connectivity index is 1.96. The van der Waals surface area contributed by atoms with Gasteiger partial charge in [-0.2, -0.15) is 0 Å². The summed E-state index contributed by atoms with van der Waals surface area (Å²) in [6.07, 6.45) is 4.68. The van der Waals surface area contributed by atoms with E-state index in [0.29, 0.717) is 6.54 Å². The van der Waals surface area contributed by atoms with Gasteiger partial charge in [-0.25, -0.2) is 0 Å². The standard InChI is InChI=1S/C20H28N2O2/c1-19(2,3)16-17(23)21-20(12-8-5-9-13-20)18(24)22(16)14-15-10-6-4-7-11-15/h4,6-7,10-11,16H,5,8-9,12-14H2,1-3H3,(H,21,23). The molecule has 1 saturated carbocycles. The molecule has 4 heteroatoms. The van der Waals surface area contributed by atoms with Crippen molar-refractivity contribution in [3.05, 3.63) is 35.9 Å². The van der Waals surface area contributed by atoms with Crippen LogP contribution in [0.3, 0.4) is 0 Å². The van der Waals surface area contributed by atoms with Gasteiger partial charge in [-0.05, 0) is 23.8 Å². The van der Waals surface area contributed by atoms with Gasteiger partial charge in [0, 0.05) is 6.54 Å². The van der Waals surface area contributed by atoms with Crippen LogP contribution in [0.5, 0.6) is 0 Å². The molecule has 24 heavy (non-hydrogen) atoms. The fourth-order valence-electron chi connectivity index (χ4n) is 4.19. The molecule has 0 bridgehead atoms. The zero-order chi connectivity index (χ0) is 17.4. The van der Waals surface area contributed by atoms with Gasteiger partial charge < -0.3 is 10.2 Å². The van der Waals surface area contributed by atoms with Gasteiger partial charge in [-0.3, -0.25) is 9.59 Å². The van der Waals surface area contributed by atoms with Crippen LogP contribution in [0, 0.1) is 5.41 Å². The molecule has 1 aromatic carbocycles. The van der Waals surface area contributed by atoms with Crippen molar-refractivity contribution in [1.29, 1.82) is 0 Å². The molecule has 1 aromatic rings. The van der Waals surface area contributed by atoms with E-state index < -0.39 is 11.6 Å². The monoisotopic (exact) mass is 328 g/mol. The molecule has 0 aromatic heterocycles. The van der Waals surface area contributed by atoms with E-state index in [1.165, 1.54) is 0 Å². The highest BCUT2D eigenvalue weighted by Gasteiger charge is 2.53. The molecule has 1 heterocycles. The predicted molar refractivity (Wildman–Crippen MR) is 94.2 cm³/mol. The largest absolute Gasteiger partial charge is 0.340 e. The van der Waals surface area contributed by atoms with Crippen LogP contribution in [0.15, 0.2) is 30.3 Å². The van der Waals surface area contributed by atoms with Gasteiger partial charge in [-0.15, -0.1) is 0 Å². The molecule has 1 spiro atoms. The molecular weight excluding hydrogens is 300 g/mol. The van der Waals surface area contributed by atoms with Crippen molar-refractivity contribution < 1.29 is 9.59 Å². The summed E-state index contributed by atoms with van der Waals surface area (Å²) in [5, 5.41) is 3.12. The zero-order valence-corrected chi connectivity index (χ0v) is 15.0. The SMILES string of the molecule is CC(C)(C)C1C(=O)NC2(CCCCC2)C(=O)N1Cc1ccccc1. The van der Waals surface area contributed by atoms with E-state index in [0.717, 1.165) is 37.7 Å². The molecule has 3 rings (SSSR count). The second kappa shape index (κ2) is 6.23. The van der Waals surface area contributed by atoms with Gasteiger partial charge >= 0.3 is 0 Å². The third-order valence-corrected chi connectivity index (χ3v) is 5.32. The van der Waals surface area contributed by atoms with Crippen molar-refractivity contribution in [2.24, 2.45) is 5.41 Å². The van der Waals surface area contributed by atoms with E-state index in [1.807, 2.05) is 56.0 Å². The molecule has 2 fully saturated rings. The molecule has 4 nitrogen and oxygen atoms in total. The second-order valence-corrected chi connectivity index (χ2v) is 8.32. The second-order valence-electron chi connectivity index (χ2n) is 8.32. The summed E-state index contributed by atoms with van der Waals surface area (Å²) >= 11 is 0. The predicted octanol–water partition coefficient (Wildman–Crippen LogP) is 3.26. The minimum absolute atomic E-state index is 0.0000638. The number of piperazine rings is 1. The zero-order valence-electron chi connectivity index (χ0n) is 15.0. The first kappa shape index (κ1) is 17.0. The van der Waals surface area contributed by atoms with E-state index in [1.54, 1.807) is 0 Å². The van der Waals surface area contributed by atoms with Crippen LogP contribution >= 0.6 is 0 Å². The van der Waals surface area contributed by atoms with Crippen molar-refractivity contribution in [2.75, 3.05) is 0 Å². The fourth-order valence-corrected chi connectivity index (χ4v) is 4.19. The summed E-state index contributed by atoms with van der Waals surface area (Å²) in [4.78, 5) is 28.2. The summed E-state index contributed by atoms with van der Waals surface area (Å²) in [5.74, 6) is 0.102. The minimum Gasteiger partial charge on any atom is -0.340 e. The van der Waals surface area contributed by atoms with Gasteiger partial charge in [0.1, 0.15) is 11.6 Å². The number of nitrogens with zero attached hydrogens (tertiary/aromatic N) is 1. The van der Waals surface area contributed by atoms with Crippen LogP contribution in [-0.2, 0) is 16.1 Å². The van der Waals surface area contributed by atoms with E-state index in [2.05, 4.69) is 5.32 Å². The molecule has 2 aliphatic rings. The van der Waals surface area contributed by atoms with Gasteiger partial charge in [0.2, 0.25) is 11.8 Å². The van der Waals surface area contributed by atoms with E-state index >= 15 is 0 Å². The molecular formula is C20H28N2O2. The summed E-state index contributed by atoms with van der Waals surface area (Å²) < 4.78 is 0. The van der Waals surface area contributed by atoms with Crippen LogP contribution in [0.1, 0.15) is 58.4 Å². The van der Waals surface area contributed by atoms with Gasteiger partial charge in [-0.1, -0.05) is 70.4 Å². The molecule has 1 aliphatic heterocycles. The summed E-state index contributed by atoms with van der Waals surface area (Å²) in [7, 11) is 0. The first-order chi connectivity index (χ1) is 11.3. The highest BCUT2D eigenvalue weighted by Crippen LogP contribution is 2.38. The maximum atomic E-state index is 13.4. The number of hydrogen-bond acceptors (Lipinski definition) is 2. The highest BCUT2D eigenvalue weighted by atomic mass is 16.2. The molecule has 1 saturated heterocycles. The molecule has 130 valence electrons. The lowest BCUT2D eigenvalue weighted by Crippen LogP contribution is -2.72. The lowest BCUT2D eigenvalue weighted by molar-refractivity contribution is -0.162. The van der Waals surface area contributed by atoms with E-state index in [9.17, 15) is 9.59 Å². The van der Waals surface area contributed by atoms with Crippen LogP contribution in [0.25, 0.3) is 0 Å². The molecule has 1 atom stereocenters. The van der Waals surface area contributed by atoms with Crippen molar-refractivity contribution in [3.8, 4) is 0 Å². The maximum absolute atomic E-state index is 13.4. The Bertz CT molecular complexity index is 612. The molecule has 1 unspecified atom stereocenters. The third-order valence-electron chi connectivity index (χ3n) is 5.32. The Kier molecular flexibility index (Phi) is 4.41. The number of nitrogens with one attached hydrogen (secondary N) is 1. The molecule has 2 amide bonds. The summed E-state index contributed by atoms with van der Waals surface area (Å²) in [5.41, 5.74) is 0.0946. The number of amides is 2. The van der Waals surface area contributed by atoms with Gasteiger partial charge in [0.25, 0.3) is 0 Å². The number of rotatable bonds is 2. The average molecular weight is 328 g/mol. The maximum Gasteiger partial charge on any atom is 0.249 e.